The van der Waals surface area contributed by atoms with Crippen molar-refractivity contribution < 1.29 is 9.13 Å². The lowest BCUT2D eigenvalue weighted by atomic mass is 10.2. The van der Waals surface area contributed by atoms with E-state index in [0.29, 0.717) is 17.9 Å². The van der Waals surface area contributed by atoms with Crippen molar-refractivity contribution in [2.24, 2.45) is 5.73 Å². The molecule has 0 aliphatic heterocycles. The molecule has 0 radical (unpaired) electrons. The molecule has 0 spiro atoms. The maximum absolute atomic E-state index is 14.0. The molecule has 0 aliphatic rings. The van der Waals surface area contributed by atoms with Crippen LogP contribution >= 0.6 is 11.8 Å². The molecule has 0 saturated carbocycles. The maximum atomic E-state index is 14.0. The molecule has 0 bridgehead atoms. The average molecular weight is 296 g/mol. The van der Waals surface area contributed by atoms with Crippen LogP contribution in [-0.2, 0) is 18.8 Å². The largest absolute Gasteiger partial charge is 0.494 e. The van der Waals surface area contributed by atoms with Gasteiger partial charge in [0.2, 0.25) is 0 Å². The van der Waals surface area contributed by atoms with Gasteiger partial charge in [0.15, 0.2) is 16.7 Å². The van der Waals surface area contributed by atoms with Crippen molar-refractivity contribution in [1.82, 2.24) is 14.8 Å². The van der Waals surface area contributed by atoms with Crippen LogP contribution in [0.15, 0.2) is 23.4 Å². The van der Waals surface area contributed by atoms with Crippen LogP contribution in [0, 0.1) is 5.82 Å². The number of hydrogen-bond donors (Lipinski definition) is 1. The zero-order chi connectivity index (χ0) is 14.5. The van der Waals surface area contributed by atoms with E-state index in [1.807, 2.05) is 11.5 Å². The molecule has 0 aliphatic carbocycles. The van der Waals surface area contributed by atoms with Gasteiger partial charge in [0, 0.05) is 17.9 Å². The third-order valence-corrected chi connectivity index (χ3v) is 3.93. The van der Waals surface area contributed by atoms with Crippen LogP contribution < -0.4 is 10.5 Å². The number of thioether (sulfide) groups is 1. The third kappa shape index (κ3) is 2.94. The molecule has 2 aromatic rings. The van der Waals surface area contributed by atoms with Crippen LogP contribution in [0.2, 0.25) is 0 Å². The second-order valence-corrected chi connectivity index (χ2v) is 5.01. The number of aromatic nitrogens is 3. The Balaban J connectivity index is 2.15. The van der Waals surface area contributed by atoms with E-state index in [0.717, 1.165) is 17.5 Å². The molecule has 0 amide bonds. The van der Waals surface area contributed by atoms with Gasteiger partial charge >= 0.3 is 0 Å². The lowest BCUT2D eigenvalue weighted by molar-refractivity contribution is 0.385. The highest BCUT2D eigenvalue weighted by molar-refractivity contribution is 7.98. The molecule has 2 rings (SSSR count). The van der Waals surface area contributed by atoms with Crippen molar-refractivity contribution in [3.8, 4) is 5.75 Å². The van der Waals surface area contributed by atoms with Crippen molar-refractivity contribution in [2.75, 3.05) is 7.11 Å². The van der Waals surface area contributed by atoms with Crippen molar-refractivity contribution in [3.05, 3.63) is 35.4 Å². The first-order valence-corrected chi connectivity index (χ1v) is 7.26. The summed E-state index contributed by atoms with van der Waals surface area (Å²) in [6.45, 7) is 3.08. The van der Waals surface area contributed by atoms with Crippen LogP contribution in [0.3, 0.4) is 0 Å². The second kappa shape index (κ2) is 6.71. The average Bonchev–Trinajstić information content (AvgIpc) is 2.88. The smallest absolute Gasteiger partial charge is 0.191 e. The van der Waals surface area contributed by atoms with E-state index in [4.69, 9.17) is 10.5 Å². The van der Waals surface area contributed by atoms with Gasteiger partial charge in [0.1, 0.15) is 5.82 Å². The van der Waals surface area contributed by atoms with Gasteiger partial charge in [-0.3, -0.25) is 0 Å². The van der Waals surface area contributed by atoms with Crippen molar-refractivity contribution >= 4 is 11.8 Å². The topological polar surface area (TPSA) is 66.0 Å². The fraction of sp³-hybridized carbons (Fsp3) is 0.385. The summed E-state index contributed by atoms with van der Waals surface area (Å²) in [5, 5.41) is 8.86. The molecule has 1 aromatic carbocycles. The van der Waals surface area contributed by atoms with E-state index in [2.05, 4.69) is 10.2 Å². The summed E-state index contributed by atoms with van der Waals surface area (Å²) in [6.07, 6.45) is 0. The Morgan fingerprint density at radius 3 is 2.85 bits per heavy atom. The summed E-state index contributed by atoms with van der Waals surface area (Å²) in [5.41, 5.74) is 6.18. The number of halogens is 1. The first kappa shape index (κ1) is 14.8. The van der Waals surface area contributed by atoms with Gasteiger partial charge in [-0.1, -0.05) is 23.9 Å². The van der Waals surface area contributed by atoms with Crippen LogP contribution in [0.5, 0.6) is 5.75 Å². The normalized spacial score (nSPS) is 10.8. The number of rotatable bonds is 6. The van der Waals surface area contributed by atoms with Crippen LogP contribution in [0.4, 0.5) is 4.39 Å². The molecule has 20 heavy (non-hydrogen) atoms. The van der Waals surface area contributed by atoms with E-state index in [-0.39, 0.29) is 11.6 Å². The lowest BCUT2D eigenvalue weighted by Crippen LogP contribution is -2.08. The predicted octanol–water partition coefficient (Wildman–Crippen LogP) is 2.20. The highest BCUT2D eigenvalue weighted by Crippen LogP contribution is 2.27. The molecule has 1 aromatic heterocycles. The lowest BCUT2D eigenvalue weighted by Gasteiger charge is -2.08. The van der Waals surface area contributed by atoms with E-state index in [1.165, 1.54) is 18.9 Å². The van der Waals surface area contributed by atoms with Gasteiger partial charge < -0.3 is 15.0 Å². The molecule has 0 saturated heterocycles. The summed E-state index contributed by atoms with van der Waals surface area (Å²) in [5.74, 6) is 1.12. The Morgan fingerprint density at radius 2 is 2.20 bits per heavy atom. The molecular formula is C13H17FN4OS. The van der Waals surface area contributed by atoms with E-state index < -0.39 is 0 Å². The molecule has 0 unspecified atom stereocenters. The molecular weight excluding hydrogens is 279 g/mol. The highest BCUT2D eigenvalue weighted by atomic mass is 32.2. The number of benzene rings is 1. The van der Waals surface area contributed by atoms with Crippen LogP contribution in [0.1, 0.15) is 18.3 Å². The quantitative estimate of drug-likeness (QED) is 0.828. The maximum Gasteiger partial charge on any atom is 0.191 e. The number of methoxy groups -OCH3 is 1. The van der Waals surface area contributed by atoms with Gasteiger partial charge in [-0.15, -0.1) is 10.2 Å². The summed E-state index contributed by atoms with van der Waals surface area (Å²) in [7, 11) is 1.45. The fourth-order valence-electron chi connectivity index (χ4n) is 1.86. The minimum atomic E-state index is -0.330. The minimum Gasteiger partial charge on any atom is -0.494 e. The molecule has 5 nitrogen and oxygen atoms in total. The third-order valence-electron chi connectivity index (χ3n) is 2.91. The fourth-order valence-corrected chi connectivity index (χ4v) is 2.86. The molecule has 7 heteroatoms. The van der Waals surface area contributed by atoms with Crippen molar-refractivity contribution in [3.63, 3.8) is 0 Å². The highest BCUT2D eigenvalue weighted by Gasteiger charge is 2.13. The molecule has 1 heterocycles. The molecule has 0 fully saturated rings. The zero-order valence-electron chi connectivity index (χ0n) is 11.5. The number of hydrogen-bond acceptors (Lipinski definition) is 5. The Hall–Kier alpha value is -1.60. The SMILES string of the molecule is CCn1c(CN)nnc1SCc1cccc(OC)c1F. The number of nitrogens with two attached hydrogens (primary N) is 1. The Bertz CT molecular complexity index is 588. The van der Waals surface area contributed by atoms with Gasteiger partial charge in [-0.2, -0.15) is 0 Å². The monoisotopic (exact) mass is 296 g/mol. The van der Waals surface area contributed by atoms with Gasteiger partial charge in [-0.05, 0) is 13.0 Å². The van der Waals surface area contributed by atoms with Gasteiger partial charge in [-0.25, -0.2) is 4.39 Å². The zero-order valence-corrected chi connectivity index (χ0v) is 12.3. The van der Waals surface area contributed by atoms with Crippen molar-refractivity contribution in [2.45, 2.75) is 30.9 Å². The summed E-state index contributed by atoms with van der Waals surface area (Å²) in [4.78, 5) is 0. The first-order chi connectivity index (χ1) is 9.71. The van der Waals surface area contributed by atoms with Gasteiger partial charge in [0.05, 0.1) is 13.7 Å². The van der Waals surface area contributed by atoms with Crippen molar-refractivity contribution in [1.29, 1.82) is 0 Å². The standard InChI is InChI=1S/C13H17FN4OS/c1-3-18-11(7-15)16-17-13(18)20-8-9-5-4-6-10(19-2)12(9)14/h4-6H,3,7-8,15H2,1-2H3. The summed E-state index contributed by atoms with van der Waals surface area (Å²) >= 11 is 1.43. The second-order valence-electron chi connectivity index (χ2n) is 4.07. The first-order valence-electron chi connectivity index (χ1n) is 6.27. The number of nitrogens with zero attached hydrogens (tertiary/aromatic N) is 3. The summed E-state index contributed by atoms with van der Waals surface area (Å²) in [6, 6.07) is 5.11. The Kier molecular flexibility index (Phi) is 4.97. The Morgan fingerprint density at radius 1 is 1.40 bits per heavy atom. The van der Waals surface area contributed by atoms with Gasteiger partial charge in [0.25, 0.3) is 0 Å². The van der Waals surface area contributed by atoms with E-state index >= 15 is 0 Å². The number of ether oxygens (including phenoxy) is 1. The van der Waals surface area contributed by atoms with Crippen LogP contribution in [0.25, 0.3) is 0 Å². The Labute approximate surface area is 121 Å². The minimum absolute atomic E-state index is 0.253. The van der Waals surface area contributed by atoms with E-state index in [1.54, 1.807) is 18.2 Å². The predicted molar refractivity (Wildman–Crippen MR) is 76.1 cm³/mol. The molecule has 0 atom stereocenters. The van der Waals surface area contributed by atoms with Crippen LogP contribution in [-0.4, -0.2) is 21.9 Å². The summed E-state index contributed by atoms with van der Waals surface area (Å²) < 4.78 is 20.9. The molecule has 2 N–H and O–H groups in total. The molecule has 108 valence electrons. The van der Waals surface area contributed by atoms with E-state index in [9.17, 15) is 4.39 Å².